The van der Waals surface area contributed by atoms with Crippen LogP contribution in [0.2, 0.25) is 0 Å². The van der Waals surface area contributed by atoms with Crippen LogP contribution in [0.5, 0.6) is 0 Å². The summed E-state index contributed by atoms with van der Waals surface area (Å²) >= 11 is 0. The Kier molecular flexibility index (Phi) is 9.89. The van der Waals surface area contributed by atoms with Gasteiger partial charge in [-0.15, -0.1) is 0 Å². The molecule has 0 saturated carbocycles. The van der Waals surface area contributed by atoms with Crippen molar-refractivity contribution in [3.8, 4) is 0 Å². The fourth-order valence-electron chi connectivity index (χ4n) is 5.04. The number of hydrogen-bond donors (Lipinski definition) is 1. The number of ether oxygens (including phenoxy) is 1. The Morgan fingerprint density at radius 1 is 1.00 bits per heavy atom. The van der Waals surface area contributed by atoms with Crippen LogP contribution in [0.25, 0.3) is 0 Å². The van der Waals surface area contributed by atoms with Gasteiger partial charge in [0.1, 0.15) is 17.2 Å². The number of hydrogen-bond acceptors (Lipinski definition) is 5. The molecular weight excluding hydrogens is 560 g/mol. The Labute approximate surface area is 247 Å². The zero-order chi connectivity index (χ0) is 30.5. The fourth-order valence-corrected chi connectivity index (χ4v) is 5.67. The predicted molar refractivity (Wildman–Crippen MR) is 161 cm³/mol. The molecule has 4 rings (SSSR count). The Morgan fingerprint density at radius 2 is 1.71 bits per heavy atom. The molecule has 0 aromatic heterocycles. The summed E-state index contributed by atoms with van der Waals surface area (Å²) in [5, 5.41) is 0. The number of rotatable bonds is 10. The molecule has 0 radical (unpaired) electrons. The van der Waals surface area contributed by atoms with Crippen molar-refractivity contribution >= 4 is 21.8 Å². The molecule has 7 nitrogen and oxygen atoms in total. The minimum absolute atomic E-state index is 0.0111. The van der Waals surface area contributed by atoms with Crippen LogP contribution in [0.15, 0.2) is 66.7 Å². The van der Waals surface area contributed by atoms with E-state index in [4.69, 9.17) is 4.74 Å². The first kappa shape index (κ1) is 31.4. The van der Waals surface area contributed by atoms with Gasteiger partial charge in [-0.25, -0.2) is 22.0 Å². The maximum atomic E-state index is 14.1. The van der Waals surface area contributed by atoms with E-state index >= 15 is 0 Å². The lowest BCUT2D eigenvalue weighted by molar-refractivity contribution is 0.0198. The third-order valence-electron chi connectivity index (χ3n) is 7.16. The third kappa shape index (κ3) is 9.00. The van der Waals surface area contributed by atoms with Crippen molar-refractivity contribution in [1.29, 1.82) is 0 Å². The van der Waals surface area contributed by atoms with E-state index in [9.17, 15) is 22.0 Å². The molecule has 42 heavy (non-hydrogen) atoms. The number of carbonyl (C=O) groups is 1. The number of sulfonamides is 1. The zero-order valence-electron chi connectivity index (χ0n) is 24.6. The van der Waals surface area contributed by atoms with Crippen LogP contribution in [0.4, 0.5) is 19.3 Å². The van der Waals surface area contributed by atoms with Crippen molar-refractivity contribution in [2.24, 2.45) is 0 Å². The van der Waals surface area contributed by atoms with Crippen LogP contribution in [0.1, 0.15) is 49.9 Å². The Bertz CT molecular complexity index is 1490. The first-order valence-corrected chi connectivity index (χ1v) is 15.8. The smallest absolute Gasteiger partial charge is 0.410 e. The van der Waals surface area contributed by atoms with Gasteiger partial charge >= 0.3 is 6.09 Å². The molecule has 1 unspecified atom stereocenters. The molecular formula is C32H39F2N3O4S. The van der Waals surface area contributed by atoms with Crippen LogP contribution in [0.3, 0.4) is 0 Å². The molecule has 1 amide bonds. The van der Waals surface area contributed by atoms with Gasteiger partial charge in [0, 0.05) is 37.9 Å². The van der Waals surface area contributed by atoms with E-state index in [1.807, 2.05) is 26.8 Å². The van der Waals surface area contributed by atoms with Crippen LogP contribution in [0, 0.1) is 11.6 Å². The Hall–Kier alpha value is -3.50. The number of amides is 1. The lowest BCUT2D eigenvalue weighted by Gasteiger charge is -2.38. The zero-order valence-corrected chi connectivity index (χ0v) is 25.4. The van der Waals surface area contributed by atoms with E-state index < -0.39 is 21.7 Å². The van der Waals surface area contributed by atoms with Gasteiger partial charge in [-0.2, -0.15) is 0 Å². The molecule has 10 heteroatoms. The normalized spacial score (nSPS) is 15.6. The minimum atomic E-state index is -3.45. The van der Waals surface area contributed by atoms with E-state index in [2.05, 4.69) is 9.62 Å². The topological polar surface area (TPSA) is 79.0 Å². The van der Waals surface area contributed by atoms with Crippen molar-refractivity contribution in [2.75, 3.05) is 23.6 Å². The van der Waals surface area contributed by atoms with Gasteiger partial charge in [0.15, 0.2) is 0 Å². The molecule has 1 atom stereocenters. The van der Waals surface area contributed by atoms with Crippen molar-refractivity contribution < 1.29 is 26.7 Å². The highest BCUT2D eigenvalue weighted by Crippen LogP contribution is 2.27. The number of carbonyl (C=O) groups excluding carboxylic acids is 1. The lowest BCUT2D eigenvalue weighted by Crippen LogP contribution is -2.47. The minimum Gasteiger partial charge on any atom is -0.444 e. The highest BCUT2D eigenvalue weighted by Gasteiger charge is 2.29. The standard InChI is InChI=1S/C32H39F2N3O4S/c1-5-42(39,40)35-29-8-6-7-24(17-29)21-37(31(38)41-32(2,3)4)16-15-36-22-25-11-14-28(34)19-26(25)20-30(36)18-23-9-12-27(33)13-10-23/h6-14,17,19,30,35H,5,15-16,18,20-22H2,1-4H3. The molecule has 3 aromatic carbocycles. The van der Waals surface area contributed by atoms with E-state index in [-0.39, 0.29) is 30.0 Å². The Balaban J connectivity index is 1.56. The molecule has 1 aliphatic rings. The molecule has 226 valence electrons. The summed E-state index contributed by atoms with van der Waals surface area (Å²) in [4.78, 5) is 17.2. The van der Waals surface area contributed by atoms with E-state index in [1.165, 1.54) is 18.2 Å². The first-order chi connectivity index (χ1) is 19.8. The van der Waals surface area contributed by atoms with Crippen molar-refractivity contribution in [3.63, 3.8) is 0 Å². The largest absolute Gasteiger partial charge is 0.444 e. The molecule has 0 aliphatic carbocycles. The van der Waals surface area contributed by atoms with Gasteiger partial charge in [-0.3, -0.25) is 9.62 Å². The van der Waals surface area contributed by atoms with Gasteiger partial charge < -0.3 is 9.64 Å². The maximum absolute atomic E-state index is 14.1. The molecule has 0 saturated heterocycles. The summed E-state index contributed by atoms with van der Waals surface area (Å²) in [7, 11) is -3.45. The molecule has 1 aliphatic heterocycles. The summed E-state index contributed by atoms with van der Waals surface area (Å²) < 4.78 is 60.1. The number of halogens is 2. The SMILES string of the molecule is CCS(=O)(=O)Nc1cccc(CN(CCN2Cc3ccc(F)cc3CC2Cc2ccc(F)cc2)C(=O)OC(C)(C)C)c1. The molecule has 3 aromatic rings. The number of fused-ring (bicyclic) bond motifs is 1. The summed E-state index contributed by atoms with van der Waals surface area (Å²) in [5.74, 6) is -0.625. The van der Waals surface area contributed by atoms with Crippen molar-refractivity contribution in [3.05, 3.63) is 101 Å². The first-order valence-electron chi connectivity index (χ1n) is 14.1. The highest BCUT2D eigenvalue weighted by molar-refractivity contribution is 7.92. The fraction of sp³-hybridized carbons (Fsp3) is 0.406. The molecule has 0 bridgehead atoms. The van der Waals surface area contributed by atoms with Crippen LogP contribution in [-0.4, -0.2) is 54.8 Å². The molecule has 1 N–H and O–H groups in total. The van der Waals surface area contributed by atoms with E-state index in [0.717, 1.165) is 22.3 Å². The second kappa shape index (κ2) is 13.2. The maximum Gasteiger partial charge on any atom is 0.410 e. The molecule has 0 spiro atoms. The average Bonchev–Trinajstić information content (AvgIpc) is 2.91. The predicted octanol–water partition coefficient (Wildman–Crippen LogP) is 6.13. The second-order valence-corrected chi connectivity index (χ2v) is 13.7. The van der Waals surface area contributed by atoms with Crippen molar-refractivity contribution in [2.45, 2.75) is 65.3 Å². The van der Waals surface area contributed by atoms with Gasteiger partial charge in [0.2, 0.25) is 10.0 Å². The van der Waals surface area contributed by atoms with E-state index in [1.54, 1.807) is 54.3 Å². The number of anilines is 1. The van der Waals surface area contributed by atoms with Crippen LogP contribution >= 0.6 is 0 Å². The third-order valence-corrected chi connectivity index (χ3v) is 8.47. The number of nitrogens with zero attached hydrogens (tertiary/aromatic N) is 2. The average molecular weight is 600 g/mol. The van der Waals surface area contributed by atoms with E-state index in [0.29, 0.717) is 38.2 Å². The van der Waals surface area contributed by atoms with Crippen molar-refractivity contribution in [1.82, 2.24) is 9.80 Å². The monoisotopic (exact) mass is 599 g/mol. The molecule has 1 heterocycles. The van der Waals surface area contributed by atoms with Gasteiger partial charge in [-0.05, 0) is 99.2 Å². The molecule has 0 fully saturated rings. The van der Waals surface area contributed by atoms with Crippen LogP contribution < -0.4 is 4.72 Å². The van der Waals surface area contributed by atoms with Gasteiger partial charge in [-0.1, -0.05) is 30.3 Å². The van der Waals surface area contributed by atoms with Crippen LogP contribution in [-0.2, 0) is 40.7 Å². The highest BCUT2D eigenvalue weighted by atomic mass is 32.2. The Morgan fingerprint density at radius 3 is 2.40 bits per heavy atom. The lowest BCUT2D eigenvalue weighted by atomic mass is 9.90. The second-order valence-electron chi connectivity index (χ2n) is 11.7. The van der Waals surface area contributed by atoms with Gasteiger partial charge in [0.25, 0.3) is 0 Å². The number of benzene rings is 3. The summed E-state index contributed by atoms with van der Waals surface area (Å²) in [5.41, 5.74) is 3.44. The number of nitrogens with one attached hydrogen (secondary N) is 1. The quantitative estimate of drug-likeness (QED) is 0.303. The summed E-state index contributed by atoms with van der Waals surface area (Å²) in [6.45, 7) is 8.65. The summed E-state index contributed by atoms with van der Waals surface area (Å²) in [6, 6.07) is 18.2. The summed E-state index contributed by atoms with van der Waals surface area (Å²) in [6.07, 6.45) is 0.787. The van der Waals surface area contributed by atoms with Gasteiger partial charge in [0.05, 0.1) is 5.75 Å².